The summed E-state index contributed by atoms with van der Waals surface area (Å²) in [5.74, 6) is -0.158. The minimum Gasteiger partial charge on any atom is -0.268 e. The number of amides is 1. The molecule has 0 saturated heterocycles. The molecule has 18 heavy (non-hydrogen) atoms. The van der Waals surface area contributed by atoms with E-state index in [1.54, 1.807) is 12.1 Å². The normalized spacial score (nSPS) is 15.7. The first-order chi connectivity index (χ1) is 8.40. The zero-order valence-electron chi connectivity index (χ0n) is 10.5. The lowest BCUT2D eigenvalue weighted by Crippen LogP contribution is -2.33. The molecule has 0 heterocycles. The van der Waals surface area contributed by atoms with Gasteiger partial charge in [0.05, 0.1) is 5.25 Å². The lowest BCUT2D eigenvalue weighted by molar-refractivity contribution is 0.0981. The molecule has 98 valence electrons. The molecule has 1 N–H and O–H groups in total. The Labute approximate surface area is 107 Å². The second kappa shape index (κ2) is 4.72. The van der Waals surface area contributed by atoms with Crippen molar-refractivity contribution >= 4 is 15.9 Å². The van der Waals surface area contributed by atoms with Gasteiger partial charge in [-0.2, -0.15) is 0 Å². The quantitative estimate of drug-likeness (QED) is 0.908. The first kappa shape index (κ1) is 13.1. The van der Waals surface area contributed by atoms with Crippen molar-refractivity contribution in [3.05, 3.63) is 35.4 Å². The Morgan fingerprint density at radius 3 is 2.22 bits per heavy atom. The van der Waals surface area contributed by atoms with Crippen molar-refractivity contribution in [1.29, 1.82) is 0 Å². The predicted molar refractivity (Wildman–Crippen MR) is 69.9 cm³/mol. The zero-order chi connectivity index (χ0) is 13.3. The SMILES string of the molecule is CC(C)c1ccc(C(=O)NS(=O)(=O)C2CC2)cc1. The first-order valence-corrected chi connectivity index (χ1v) is 7.60. The lowest BCUT2D eigenvalue weighted by Gasteiger charge is -2.08. The third-order valence-corrected chi connectivity index (χ3v) is 4.86. The Morgan fingerprint density at radius 1 is 1.22 bits per heavy atom. The van der Waals surface area contributed by atoms with Crippen molar-refractivity contribution in [1.82, 2.24) is 4.72 Å². The summed E-state index contributed by atoms with van der Waals surface area (Å²) in [6.07, 6.45) is 1.30. The van der Waals surface area contributed by atoms with Crippen molar-refractivity contribution in [2.75, 3.05) is 0 Å². The highest BCUT2D eigenvalue weighted by Crippen LogP contribution is 2.27. The van der Waals surface area contributed by atoms with Gasteiger partial charge >= 0.3 is 0 Å². The van der Waals surface area contributed by atoms with Gasteiger partial charge in [0.2, 0.25) is 10.0 Å². The fourth-order valence-electron chi connectivity index (χ4n) is 1.67. The van der Waals surface area contributed by atoms with Gasteiger partial charge in [0, 0.05) is 5.56 Å². The second-order valence-electron chi connectivity index (χ2n) is 4.95. The minimum absolute atomic E-state index is 0.378. The molecule has 1 aliphatic carbocycles. The molecule has 1 fully saturated rings. The number of sulfonamides is 1. The van der Waals surface area contributed by atoms with E-state index in [0.29, 0.717) is 24.3 Å². The van der Waals surface area contributed by atoms with E-state index in [1.807, 2.05) is 12.1 Å². The average molecular weight is 267 g/mol. The van der Waals surface area contributed by atoms with Crippen LogP contribution in [0.15, 0.2) is 24.3 Å². The molecule has 1 saturated carbocycles. The highest BCUT2D eigenvalue weighted by Gasteiger charge is 2.36. The van der Waals surface area contributed by atoms with Crippen LogP contribution in [0.4, 0.5) is 0 Å². The van der Waals surface area contributed by atoms with Crippen LogP contribution in [0.5, 0.6) is 0 Å². The topological polar surface area (TPSA) is 63.2 Å². The summed E-state index contributed by atoms with van der Waals surface area (Å²) >= 11 is 0. The summed E-state index contributed by atoms with van der Waals surface area (Å²) in [7, 11) is -3.46. The highest BCUT2D eigenvalue weighted by atomic mass is 32.2. The molecule has 1 aromatic carbocycles. The zero-order valence-corrected chi connectivity index (χ0v) is 11.3. The third-order valence-electron chi connectivity index (χ3n) is 3.04. The molecule has 1 amide bonds. The fraction of sp³-hybridized carbons (Fsp3) is 0.462. The van der Waals surface area contributed by atoms with Gasteiger partial charge in [0.25, 0.3) is 5.91 Å². The molecule has 5 heteroatoms. The van der Waals surface area contributed by atoms with E-state index >= 15 is 0 Å². The van der Waals surface area contributed by atoms with Gasteiger partial charge in [-0.25, -0.2) is 13.1 Å². The molecular weight excluding hydrogens is 250 g/mol. The van der Waals surface area contributed by atoms with Crippen LogP contribution in [0.25, 0.3) is 0 Å². The molecular formula is C13H17NO3S. The third kappa shape index (κ3) is 2.90. The van der Waals surface area contributed by atoms with E-state index in [2.05, 4.69) is 18.6 Å². The van der Waals surface area contributed by atoms with Crippen molar-refractivity contribution in [3.63, 3.8) is 0 Å². The van der Waals surface area contributed by atoms with E-state index in [0.717, 1.165) is 5.56 Å². The summed E-state index contributed by atoms with van der Waals surface area (Å²) in [5.41, 5.74) is 1.50. The Morgan fingerprint density at radius 2 is 1.78 bits per heavy atom. The number of carbonyl (C=O) groups is 1. The van der Waals surface area contributed by atoms with E-state index < -0.39 is 15.9 Å². The van der Waals surface area contributed by atoms with Gasteiger partial charge in [0.15, 0.2) is 0 Å². The lowest BCUT2D eigenvalue weighted by atomic mass is 10.0. The van der Waals surface area contributed by atoms with Crippen molar-refractivity contribution in [2.45, 2.75) is 37.9 Å². The molecule has 1 aliphatic rings. The summed E-state index contributed by atoms with van der Waals surface area (Å²) in [4.78, 5) is 11.8. The standard InChI is InChI=1S/C13H17NO3S/c1-9(2)10-3-5-11(6-4-10)13(15)14-18(16,17)12-7-8-12/h3-6,9,12H,7-8H2,1-2H3,(H,14,15). The molecule has 0 unspecified atom stereocenters. The molecule has 1 aromatic rings. The monoisotopic (exact) mass is 267 g/mol. The molecule has 0 atom stereocenters. The molecule has 4 nitrogen and oxygen atoms in total. The summed E-state index contributed by atoms with van der Waals surface area (Å²) in [5, 5.41) is -0.378. The number of nitrogens with one attached hydrogen (secondary N) is 1. The van der Waals surface area contributed by atoms with Gasteiger partial charge in [-0.3, -0.25) is 4.79 Å². The summed E-state index contributed by atoms with van der Waals surface area (Å²) in [6, 6.07) is 7.02. The van der Waals surface area contributed by atoms with E-state index in [-0.39, 0.29) is 5.25 Å². The molecule has 0 bridgehead atoms. The fourth-order valence-corrected chi connectivity index (χ4v) is 2.97. The summed E-state index contributed by atoms with van der Waals surface area (Å²) in [6.45, 7) is 4.12. The van der Waals surface area contributed by atoms with Gasteiger partial charge in [-0.15, -0.1) is 0 Å². The molecule has 2 rings (SSSR count). The molecule has 0 radical (unpaired) electrons. The van der Waals surface area contributed by atoms with Crippen LogP contribution in [-0.4, -0.2) is 19.6 Å². The van der Waals surface area contributed by atoms with Gasteiger partial charge in [-0.05, 0) is 36.5 Å². The van der Waals surface area contributed by atoms with E-state index in [9.17, 15) is 13.2 Å². The van der Waals surface area contributed by atoms with Gasteiger partial charge < -0.3 is 0 Å². The number of rotatable bonds is 4. The number of benzene rings is 1. The van der Waals surface area contributed by atoms with Crippen molar-refractivity contribution in [2.24, 2.45) is 0 Å². The Balaban J connectivity index is 2.09. The van der Waals surface area contributed by atoms with Crippen LogP contribution in [0.3, 0.4) is 0 Å². The van der Waals surface area contributed by atoms with Crippen LogP contribution in [0, 0.1) is 0 Å². The maximum atomic E-state index is 11.8. The van der Waals surface area contributed by atoms with Gasteiger partial charge in [0.1, 0.15) is 0 Å². The number of carbonyl (C=O) groups excluding carboxylic acids is 1. The average Bonchev–Trinajstić information content (AvgIpc) is 3.12. The predicted octanol–water partition coefficient (Wildman–Crippen LogP) is 2.03. The molecule has 0 aliphatic heterocycles. The van der Waals surface area contributed by atoms with Crippen LogP contribution in [-0.2, 0) is 10.0 Å². The van der Waals surface area contributed by atoms with Crippen LogP contribution in [0.1, 0.15) is 48.5 Å². The van der Waals surface area contributed by atoms with E-state index in [1.165, 1.54) is 0 Å². The Kier molecular flexibility index (Phi) is 3.43. The molecule has 0 spiro atoms. The Hall–Kier alpha value is -1.36. The van der Waals surface area contributed by atoms with Crippen LogP contribution < -0.4 is 4.72 Å². The number of hydrogen-bond donors (Lipinski definition) is 1. The van der Waals surface area contributed by atoms with Crippen LogP contribution in [0.2, 0.25) is 0 Å². The first-order valence-electron chi connectivity index (χ1n) is 6.06. The second-order valence-corrected chi connectivity index (χ2v) is 6.91. The highest BCUT2D eigenvalue weighted by molar-refractivity contribution is 7.91. The van der Waals surface area contributed by atoms with Crippen LogP contribution >= 0.6 is 0 Å². The summed E-state index contributed by atoms with van der Waals surface area (Å²) < 4.78 is 25.4. The van der Waals surface area contributed by atoms with Gasteiger partial charge in [-0.1, -0.05) is 26.0 Å². The maximum absolute atomic E-state index is 11.8. The Bertz CT molecular complexity index is 542. The van der Waals surface area contributed by atoms with E-state index in [4.69, 9.17) is 0 Å². The van der Waals surface area contributed by atoms with Crippen molar-refractivity contribution in [3.8, 4) is 0 Å². The van der Waals surface area contributed by atoms with Crippen molar-refractivity contribution < 1.29 is 13.2 Å². The largest absolute Gasteiger partial charge is 0.268 e. The smallest absolute Gasteiger partial charge is 0.264 e. The maximum Gasteiger partial charge on any atom is 0.264 e. The molecule has 0 aromatic heterocycles. The minimum atomic E-state index is -3.46. The number of hydrogen-bond acceptors (Lipinski definition) is 3.